The summed E-state index contributed by atoms with van der Waals surface area (Å²) in [6.07, 6.45) is 8.54. The van der Waals surface area contributed by atoms with Crippen molar-refractivity contribution < 1.29 is 4.79 Å². The Morgan fingerprint density at radius 2 is 1.90 bits per heavy atom. The maximum absolute atomic E-state index is 13.1. The van der Waals surface area contributed by atoms with Gasteiger partial charge in [-0.1, -0.05) is 49.6 Å². The van der Waals surface area contributed by atoms with Gasteiger partial charge in [0.05, 0.1) is 0 Å². The van der Waals surface area contributed by atoms with Crippen LogP contribution in [0.2, 0.25) is 0 Å². The summed E-state index contributed by atoms with van der Waals surface area (Å²) in [6, 6.07) is 13.0. The molecule has 2 aromatic carbocycles. The Labute approximate surface area is 178 Å². The zero-order chi connectivity index (χ0) is 21.1. The topological polar surface area (TPSA) is 71.0 Å². The first-order chi connectivity index (χ1) is 14.6. The van der Waals surface area contributed by atoms with Gasteiger partial charge in [0.15, 0.2) is 0 Å². The van der Waals surface area contributed by atoms with E-state index in [0.717, 1.165) is 36.9 Å². The van der Waals surface area contributed by atoms with E-state index >= 15 is 0 Å². The zero-order valence-electron chi connectivity index (χ0n) is 17.9. The van der Waals surface area contributed by atoms with Crippen molar-refractivity contribution in [3.05, 3.63) is 69.8 Å². The molecular weight excluding hydrogens is 372 g/mol. The fraction of sp³-hybridized carbons (Fsp3) is 0.400. The van der Waals surface area contributed by atoms with E-state index in [4.69, 9.17) is 5.84 Å². The number of carbonyl (C=O) groups is 1. The van der Waals surface area contributed by atoms with E-state index in [1.54, 1.807) is 13.3 Å². The van der Waals surface area contributed by atoms with Gasteiger partial charge in [0, 0.05) is 37.0 Å². The lowest BCUT2D eigenvalue weighted by atomic mass is 9.94. The van der Waals surface area contributed by atoms with Crippen LogP contribution in [0.1, 0.15) is 70.3 Å². The second-order valence-electron chi connectivity index (χ2n) is 8.44. The second-order valence-corrected chi connectivity index (χ2v) is 8.44. The van der Waals surface area contributed by atoms with E-state index in [-0.39, 0.29) is 5.91 Å². The van der Waals surface area contributed by atoms with Crippen molar-refractivity contribution in [1.82, 2.24) is 4.90 Å². The molecule has 0 unspecified atom stereocenters. The van der Waals surface area contributed by atoms with Crippen LogP contribution in [0.25, 0.3) is 0 Å². The van der Waals surface area contributed by atoms with Crippen molar-refractivity contribution in [2.24, 2.45) is 15.9 Å². The highest BCUT2D eigenvalue weighted by Crippen LogP contribution is 2.32. The number of amides is 1. The molecule has 156 valence electrons. The van der Waals surface area contributed by atoms with Crippen molar-refractivity contribution in [2.45, 2.75) is 58.0 Å². The minimum atomic E-state index is 0.219. The predicted molar refractivity (Wildman–Crippen MR) is 122 cm³/mol. The molecule has 30 heavy (non-hydrogen) atoms. The molecule has 0 aromatic heterocycles. The quantitative estimate of drug-likeness (QED) is 0.462. The maximum Gasteiger partial charge on any atom is 0.254 e. The summed E-state index contributed by atoms with van der Waals surface area (Å²) in [4.78, 5) is 19.2. The van der Waals surface area contributed by atoms with Crippen LogP contribution in [0.15, 0.2) is 46.5 Å². The molecule has 2 N–H and O–H groups in total. The summed E-state index contributed by atoms with van der Waals surface area (Å²) in [6.45, 7) is 2.92. The smallest absolute Gasteiger partial charge is 0.254 e. The van der Waals surface area contributed by atoms with Crippen molar-refractivity contribution in [2.75, 3.05) is 7.05 Å². The van der Waals surface area contributed by atoms with Gasteiger partial charge in [0.1, 0.15) is 5.71 Å². The lowest BCUT2D eigenvalue weighted by Gasteiger charge is -2.30. The van der Waals surface area contributed by atoms with Crippen molar-refractivity contribution in [1.29, 1.82) is 0 Å². The summed E-state index contributed by atoms with van der Waals surface area (Å²) in [5.74, 6) is 5.68. The van der Waals surface area contributed by atoms with Gasteiger partial charge in [-0.15, -0.1) is 0 Å². The number of hydrazone groups is 1. The van der Waals surface area contributed by atoms with Gasteiger partial charge in [-0.2, -0.15) is 5.10 Å². The molecular formula is C25H30N4O. The Morgan fingerprint density at radius 3 is 2.57 bits per heavy atom. The largest absolute Gasteiger partial charge is 0.331 e. The van der Waals surface area contributed by atoms with Crippen molar-refractivity contribution in [3.8, 4) is 0 Å². The molecule has 0 atom stereocenters. The van der Waals surface area contributed by atoms with Gasteiger partial charge in [-0.25, -0.2) is 0 Å². The number of carbonyl (C=O) groups excluding carboxylic acids is 1. The summed E-state index contributed by atoms with van der Waals surface area (Å²) in [7, 11) is 1.70. The van der Waals surface area contributed by atoms with Gasteiger partial charge in [-0.3, -0.25) is 9.79 Å². The van der Waals surface area contributed by atoms with Gasteiger partial charge < -0.3 is 10.7 Å². The molecule has 1 aliphatic carbocycles. The van der Waals surface area contributed by atoms with E-state index < -0.39 is 0 Å². The van der Waals surface area contributed by atoms with Crippen LogP contribution in [0.4, 0.5) is 0 Å². The van der Waals surface area contributed by atoms with Crippen molar-refractivity contribution >= 4 is 17.8 Å². The number of aliphatic imine (C=N–C) groups is 1. The molecule has 5 nitrogen and oxygen atoms in total. The highest BCUT2D eigenvalue weighted by Gasteiger charge is 2.33. The Morgan fingerprint density at radius 1 is 1.17 bits per heavy atom. The molecule has 0 radical (unpaired) electrons. The second kappa shape index (κ2) is 8.82. The number of aryl methyl sites for hydroxylation is 1. The van der Waals surface area contributed by atoms with E-state index in [0.29, 0.717) is 11.8 Å². The molecule has 2 aromatic rings. The molecule has 1 fully saturated rings. The molecule has 0 saturated heterocycles. The van der Waals surface area contributed by atoms with E-state index in [2.05, 4.69) is 46.2 Å². The van der Waals surface area contributed by atoms with Gasteiger partial charge >= 0.3 is 0 Å². The van der Waals surface area contributed by atoms with Gasteiger partial charge in [0.25, 0.3) is 5.91 Å². The number of nitrogens with two attached hydrogens (primary N) is 1. The number of fused-ring (bicyclic) bond motifs is 1. The number of hydrogen-bond donors (Lipinski definition) is 1. The zero-order valence-corrected chi connectivity index (χ0v) is 17.9. The maximum atomic E-state index is 13.1. The monoisotopic (exact) mass is 402 g/mol. The van der Waals surface area contributed by atoms with Crippen LogP contribution in [-0.2, 0) is 13.0 Å². The minimum Gasteiger partial charge on any atom is -0.331 e. The Bertz CT molecular complexity index is 985. The lowest BCUT2D eigenvalue weighted by molar-refractivity contribution is 0.0660. The van der Waals surface area contributed by atoms with Gasteiger partial charge in [0.2, 0.25) is 0 Å². The molecule has 0 bridgehead atoms. The standard InChI is InChI=1S/C25H30N4O/c1-17-12-21-16-29(22-6-4-3-5-7-22)25(30)23(21)14-20(17)13-18-8-10-19(11-9-18)24(28-26)15-27-2/h8-12,14-15,22H,3-7,13,16,26H2,1-2H3. The predicted octanol–water partition coefficient (Wildman–Crippen LogP) is 4.24. The van der Waals surface area contributed by atoms with Crippen LogP contribution in [0.3, 0.4) is 0 Å². The van der Waals surface area contributed by atoms with Crippen LogP contribution in [0.5, 0.6) is 0 Å². The molecule has 1 heterocycles. The minimum absolute atomic E-state index is 0.219. The molecule has 1 aliphatic heterocycles. The lowest BCUT2D eigenvalue weighted by Crippen LogP contribution is -2.36. The number of hydrogen-bond acceptors (Lipinski definition) is 4. The van der Waals surface area contributed by atoms with Crippen molar-refractivity contribution in [3.63, 3.8) is 0 Å². The van der Waals surface area contributed by atoms with Crippen LogP contribution in [-0.4, -0.2) is 35.8 Å². The highest BCUT2D eigenvalue weighted by molar-refractivity contribution is 6.38. The third-order valence-corrected chi connectivity index (χ3v) is 6.44. The Balaban J connectivity index is 1.53. The average Bonchev–Trinajstić information content (AvgIpc) is 3.09. The van der Waals surface area contributed by atoms with Gasteiger partial charge in [-0.05, 0) is 54.5 Å². The molecule has 5 heteroatoms. The van der Waals surface area contributed by atoms with Crippen LogP contribution < -0.4 is 5.84 Å². The number of nitrogens with zero attached hydrogens (tertiary/aromatic N) is 3. The molecule has 0 spiro atoms. The van der Waals surface area contributed by atoms with E-state index in [9.17, 15) is 4.79 Å². The van der Waals surface area contributed by atoms with E-state index in [1.807, 2.05) is 12.1 Å². The normalized spacial score (nSPS) is 17.7. The van der Waals surface area contributed by atoms with Crippen LogP contribution >= 0.6 is 0 Å². The number of rotatable bonds is 5. The fourth-order valence-corrected chi connectivity index (χ4v) is 4.75. The Hall–Kier alpha value is -2.95. The fourth-order valence-electron chi connectivity index (χ4n) is 4.75. The molecule has 2 aliphatic rings. The summed E-state index contributed by atoms with van der Waals surface area (Å²) in [5.41, 5.74) is 7.34. The highest BCUT2D eigenvalue weighted by atomic mass is 16.2. The molecule has 1 amide bonds. The first-order valence-corrected chi connectivity index (χ1v) is 10.8. The average molecular weight is 403 g/mol. The summed E-state index contributed by atoms with van der Waals surface area (Å²) in [5, 5.41) is 3.79. The third-order valence-electron chi connectivity index (χ3n) is 6.44. The first-order valence-electron chi connectivity index (χ1n) is 10.8. The SMILES string of the molecule is CN=CC(=NN)c1ccc(Cc2cc3c(cc2C)CN(C2CCCCC2)C3=O)cc1. The summed E-state index contributed by atoms with van der Waals surface area (Å²) < 4.78 is 0. The van der Waals surface area contributed by atoms with Crippen LogP contribution in [0, 0.1) is 6.92 Å². The first kappa shape index (κ1) is 20.3. The third kappa shape index (κ3) is 4.02. The molecule has 4 rings (SSSR count). The summed E-state index contributed by atoms with van der Waals surface area (Å²) >= 11 is 0. The Kier molecular flexibility index (Phi) is 5.98. The number of benzene rings is 2. The molecule has 1 saturated carbocycles. The van der Waals surface area contributed by atoms with E-state index in [1.165, 1.54) is 41.5 Å².